The molecule has 0 radical (unpaired) electrons. The summed E-state index contributed by atoms with van der Waals surface area (Å²) in [5.41, 5.74) is 4.60. The Hall–Kier alpha value is -3.59. The molecule has 35 heavy (non-hydrogen) atoms. The van der Waals surface area contributed by atoms with E-state index in [1.807, 2.05) is 35.7 Å². The number of anilines is 2. The Balaban J connectivity index is 1.75. The number of amides is 1. The van der Waals surface area contributed by atoms with Crippen molar-refractivity contribution in [3.8, 4) is 22.5 Å². The predicted molar refractivity (Wildman–Crippen MR) is 141 cm³/mol. The molecule has 4 rings (SSSR count). The number of carbonyl (C=O) groups excluding carboxylic acids is 1. The summed E-state index contributed by atoms with van der Waals surface area (Å²) < 4.78 is 0. The van der Waals surface area contributed by atoms with Gasteiger partial charge < -0.3 is 10.2 Å². The molecule has 0 aliphatic heterocycles. The molecule has 9 heteroatoms. The van der Waals surface area contributed by atoms with Crippen LogP contribution in [-0.2, 0) is 11.2 Å². The fourth-order valence-corrected chi connectivity index (χ4v) is 4.72. The fourth-order valence-electron chi connectivity index (χ4n) is 4.11. The first-order chi connectivity index (χ1) is 16.9. The van der Waals surface area contributed by atoms with Crippen molar-refractivity contribution < 1.29 is 4.79 Å². The van der Waals surface area contributed by atoms with Crippen molar-refractivity contribution in [3.63, 3.8) is 0 Å². The zero-order valence-corrected chi connectivity index (χ0v) is 21.3. The van der Waals surface area contributed by atoms with Crippen LogP contribution in [0.25, 0.3) is 22.5 Å². The first kappa shape index (κ1) is 24.5. The lowest BCUT2D eigenvalue weighted by Gasteiger charge is -2.31. The Bertz CT molecular complexity index is 1230. The molecule has 0 bridgehead atoms. The molecule has 2 N–H and O–H groups in total. The maximum Gasteiger partial charge on any atom is 0.231 e. The SMILES string of the molecule is CC(C)CN(CC(C)C)c1ccc(-c2ccccc2-c2nn[nH]n2)cc1NC(=O)Cc1nccs1. The Morgan fingerprint density at radius 2 is 1.80 bits per heavy atom. The van der Waals surface area contributed by atoms with Crippen molar-refractivity contribution >= 4 is 28.6 Å². The Kier molecular flexibility index (Phi) is 7.87. The summed E-state index contributed by atoms with van der Waals surface area (Å²) in [4.78, 5) is 19.6. The molecule has 0 spiro atoms. The van der Waals surface area contributed by atoms with E-state index in [4.69, 9.17) is 0 Å². The van der Waals surface area contributed by atoms with Gasteiger partial charge in [0.05, 0.1) is 17.8 Å². The highest BCUT2D eigenvalue weighted by Crippen LogP contribution is 2.36. The topological polar surface area (TPSA) is 99.7 Å². The van der Waals surface area contributed by atoms with E-state index in [0.29, 0.717) is 17.7 Å². The van der Waals surface area contributed by atoms with E-state index < -0.39 is 0 Å². The predicted octanol–water partition coefficient (Wildman–Crippen LogP) is 5.29. The van der Waals surface area contributed by atoms with E-state index in [-0.39, 0.29) is 12.3 Å². The molecule has 182 valence electrons. The van der Waals surface area contributed by atoms with Crippen LogP contribution in [0.2, 0.25) is 0 Å². The van der Waals surface area contributed by atoms with E-state index in [1.165, 1.54) is 11.3 Å². The maximum atomic E-state index is 13.0. The minimum atomic E-state index is -0.0844. The van der Waals surface area contributed by atoms with Crippen molar-refractivity contribution in [3.05, 3.63) is 59.0 Å². The van der Waals surface area contributed by atoms with Gasteiger partial charge in [-0.1, -0.05) is 58.0 Å². The van der Waals surface area contributed by atoms with Crippen molar-refractivity contribution in [1.29, 1.82) is 0 Å². The van der Waals surface area contributed by atoms with E-state index in [2.05, 4.69) is 75.7 Å². The van der Waals surface area contributed by atoms with Gasteiger partial charge in [0.25, 0.3) is 0 Å². The van der Waals surface area contributed by atoms with Crippen LogP contribution in [-0.4, -0.2) is 44.6 Å². The van der Waals surface area contributed by atoms with Crippen LogP contribution >= 0.6 is 11.3 Å². The lowest BCUT2D eigenvalue weighted by atomic mass is 9.97. The largest absolute Gasteiger partial charge is 0.369 e. The molecule has 1 amide bonds. The summed E-state index contributed by atoms with van der Waals surface area (Å²) in [7, 11) is 0. The standard InChI is InChI=1S/C26H31N7OS/c1-17(2)15-33(16-18(3)4)23-10-9-19(13-22(23)28-24(34)14-25-27-11-12-35-25)20-7-5-6-8-21(20)26-29-31-32-30-26/h5-13,17-18H,14-16H2,1-4H3,(H,28,34)(H,29,30,31,32). The lowest BCUT2D eigenvalue weighted by Crippen LogP contribution is -2.32. The number of nitrogens with one attached hydrogen (secondary N) is 2. The third-order valence-corrected chi connectivity index (χ3v) is 6.18. The highest BCUT2D eigenvalue weighted by atomic mass is 32.1. The molecule has 0 saturated heterocycles. The average Bonchev–Trinajstić information content (AvgIpc) is 3.52. The molecular weight excluding hydrogens is 458 g/mol. The molecule has 0 atom stereocenters. The van der Waals surface area contributed by atoms with Crippen molar-refractivity contribution in [2.24, 2.45) is 11.8 Å². The molecule has 2 aromatic heterocycles. The number of rotatable bonds is 10. The summed E-state index contributed by atoms with van der Waals surface area (Å²) in [6, 6.07) is 14.2. The van der Waals surface area contributed by atoms with Crippen LogP contribution in [0.4, 0.5) is 11.4 Å². The monoisotopic (exact) mass is 489 g/mol. The quantitative estimate of drug-likeness (QED) is 0.314. The molecule has 2 aromatic carbocycles. The molecule has 0 fully saturated rings. The van der Waals surface area contributed by atoms with Crippen LogP contribution in [0.15, 0.2) is 54.0 Å². The van der Waals surface area contributed by atoms with Crippen molar-refractivity contribution in [1.82, 2.24) is 25.6 Å². The number of aromatic nitrogens is 5. The number of tetrazole rings is 1. The molecule has 0 aliphatic rings. The first-order valence-electron chi connectivity index (χ1n) is 11.8. The van der Waals surface area contributed by atoms with Gasteiger partial charge in [0.2, 0.25) is 11.7 Å². The van der Waals surface area contributed by atoms with Crippen LogP contribution in [0, 0.1) is 11.8 Å². The average molecular weight is 490 g/mol. The number of thiazole rings is 1. The van der Waals surface area contributed by atoms with Crippen molar-refractivity contribution in [2.75, 3.05) is 23.3 Å². The second-order valence-corrected chi connectivity index (χ2v) is 10.3. The summed E-state index contributed by atoms with van der Waals surface area (Å²) >= 11 is 1.48. The van der Waals surface area contributed by atoms with Gasteiger partial charge in [-0.2, -0.15) is 5.21 Å². The van der Waals surface area contributed by atoms with Gasteiger partial charge in [0, 0.05) is 30.2 Å². The van der Waals surface area contributed by atoms with Gasteiger partial charge in [-0.05, 0) is 40.3 Å². The molecule has 2 heterocycles. The van der Waals surface area contributed by atoms with Crippen LogP contribution in [0.3, 0.4) is 0 Å². The van der Waals surface area contributed by atoms with E-state index in [9.17, 15) is 4.79 Å². The molecule has 8 nitrogen and oxygen atoms in total. The maximum absolute atomic E-state index is 13.0. The third-order valence-electron chi connectivity index (χ3n) is 5.40. The third kappa shape index (κ3) is 6.30. The Labute approximate surface area is 209 Å². The van der Waals surface area contributed by atoms with Gasteiger partial charge >= 0.3 is 0 Å². The van der Waals surface area contributed by atoms with Crippen LogP contribution < -0.4 is 10.2 Å². The fraction of sp³-hybridized carbons (Fsp3) is 0.346. The highest BCUT2D eigenvalue weighted by Gasteiger charge is 2.19. The number of H-pyrrole nitrogens is 1. The number of carbonyl (C=O) groups is 1. The normalized spacial score (nSPS) is 11.3. The molecule has 0 aliphatic carbocycles. The van der Waals surface area contributed by atoms with E-state index in [1.54, 1.807) is 6.20 Å². The van der Waals surface area contributed by atoms with Crippen LogP contribution in [0.5, 0.6) is 0 Å². The molecule has 0 unspecified atom stereocenters. The zero-order chi connectivity index (χ0) is 24.8. The van der Waals surface area contributed by atoms with Gasteiger partial charge in [-0.25, -0.2) is 4.98 Å². The summed E-state index contributed by atoms with van der Waals surface area (Å²) in [5, 5.41) is 20.4. The second kappa shape index (κ2) is 11.2. The number of nitrogens with zero attached hydrogens (tertiary/aromatic N) is 5. The van der Waals surface area contributed by atoms with E-state index in [0.717, 1.165) is 46.2 Å². The second-order valence-electron chi connectivity index (χ2n) is 9.36. The van der Waals surface area contributed by atoms with E-state index >= 15 is 0 Å². The van der Waals surface area contributed by atoms with Gasteiger partial charge in [0.1, 0.15) is 5.01 Å². The summed E-state index contributed by atoms with van der Waals surface area (Å²) in [5.74, 6) is 1.40. The number of hydrogen-bond donors (Lipinski definition) is 2. The smallest absolute Gasteiger partial charge is 0.231 e. The minimum absolute atomic E-state index is 0.0844. The number of benzene rings is 2. The lowest BCUT2D eigenvalue weighted by molar-refractivity contribution is -0.115. The van der Waals surface area contributed by atoms with Gasteiger partial charge in [-0.3, -0.25) is 4.79 Å². The molecular formula is C26H31N7OS. The summed E-state index contributed by atoms with van der Waals surface area (Å²) in [6.45, 7) is 10.6. The molecule has 0 saturated carbocycles. The van der Waals surface area contributed by atoms with Crippen molar-refractivity contribution in [2.45, 2.75) is 34.1 Å². The summed E-state index contributed by atoms with van der Waals surface area (Å²) in [6.07, 6.45) is 1.97. The minimum Gasteiger partial charge on any atom is -0.369 e. The van der Waals surface area contributed by atoms with Gasteiger partial charge in [-0.15, -0.1) is 21.5 Å². The highest BCUT2D eigenvalue weighted by molar-refractivity contribution is 7.09. The Morgan fingerprint density at radius 1 is 1.06 bits per heavy atom. The number of aromatic amines is 1. The number of hydrogen-bond acceptors (Lipinski definition) is 7. The van der Waals surface area contributed by atoms with Gasteiger partial charge in [0.15, 0.2) is 0 Å². The van der Waals surface area contributed by atoms with Crippen LogP contribution in [0.1, 0.15) is 32.7 Å². The Morgan fingerprint density at radius 3 is 2.43 bits per heavy atom. The first-order valence-corrected chi connectivity index (χ1v) is 12.7. The zero-order valence-electron chi connectivity index (χ0n) is 20.5. The molecule has 4 aromatic rings.